The van der Waals surface area contributed by atoms with Crippen molar-refractivity contribution in [2.75, 3.05) is 32.8 Å². The molecule has 3 aromatic carbocycles. The predicted molar refractivity (Wildman–Crippen MR) is 194 cm³/mol. The lowest BCUT2D eigenvalue weighted by molar-refractivity contribution is -0.163. The van der Waals surface area contributed by atoms with Crippen molar-refractivity contribution in [1.29, 1.82) is 0 Å². The Bertz CT molecular complexity index is 1820. The van der Waals surface area contributed by atoms with E-state index < -0.39 is 30.1 Å². The molecule has 52 heavy (non-hydrogen) atoms. The largest absolute Gasteiger partial charge is 0.492 e. The SMILES string of the molecule is Cc1cccc(OCCN(C(=O)C2=C(c3ccc(CCCOc4cccc(F)c4Br)cc3)C[C@@H]3CN(C(=O)[C@@H](O)[C@@H](O)C(=O)O)C[C@H]2N3)C2CC2)c1. The molecule has 2 bridgehead atoms. The van der Waals surface area contributed by atoms with Gasteiger partial charge in [0, 0.05) is 30.7 Å². The maximum Gasteiger partial charge on any atom is 0.335 e. The van der Waals surface area contributed by atoms with E-state index in [1.165, 1.54) is 11.0 Å². The van der Waals surface area contributed by atoms with Crippen molar-refractivity contribution in [2.24, 2.45) is 0 Å². The first-order chi connectivity index (χ1) is 25.0. The summed E-state index contributed by atoms with van der Waals surface area (Å²) in [6.07, 6.45) is -0.808. The number of carbonyl (C=O) groups is 3. The van der Waals surface area contributed by atoms with Crippen molar-refractivity contribution in [1.82, 2.24) is 15.1 Å². The van der Waals surface area contributed by atoms with Gasteiger partial charge in [-0.05, 0) is 101 Å². The summed E-state index contributed by atoms with van der Waals surface area (Å²) in [6.45, 7) is 3.23. The molecule has 2 amide bonds. The Morgan fingerprint density at radius 3 is 2.46 bits per heavy atom. The number of nitrogens with zero attached hydrogens (tertiary/aromatic N) is 2. The highest BCUT2D eigenvalue weighted by atomic mass is 79.9. The van der Waals surface area contributed by atoms with E-state index in [1.54, 1.807) is 12.1 Å². The first-order valence-electron chi connectivity index (χ1n) is 17.5. The van der Waals surface area contributed by atoms with Gasteiger partial charge < -0.3 is 39.9 Å². The van der Waals surface area contributed by atoms with Gasteiger partial charge in [0.1, 0.15) is 23.9 Å². The van der Waals surface area contributed by atoms with Gasteiger partial charge in [0.15, 0.2) is 12.2 Å². The van der Waals surface area contributed by atoms with Crippen LogP contribution in [0.3, 0.4) is 0 Å². The lowest BCUT2D eigenvalue weighted by Gasteiger charge is -2.45. The van der Waals surface area contributed by atoms with Crippen molar-refractivity contribution in [3.8, 4) is 11.5 Å². The number of rotatable bonds is 15. The van der Waals surface area contributed by atoms with Crippen LogP contribution in [0, 0.1) is 12.7 Å². The van der Waals surface area contributed by atoms with Crippen LogP contribution in [0.4, 0.5) is 4.39 Å². The van der Waals surface area contributed by atoms with E-state index >= 15 is 0 Å². The van der Waals surface area contributed by atoms with E-state index in [9.17, 15) is 34.1 Å². The highest BCUT2D eigenvalue weighted by molar-refractivity contribution is 9.10. The number of amides is 2. The highest BCUT2D eigenvalue weighted by Gasteiger charge is 2.45. The zero-order valence-corrected chi connectivity index (χ0v) is 30.4. The molecule has 276 valence electrons. The molecule has 0 radical (unpaired) electrons. The molecule has 11 nitrogen and oxygen atoms in total. The number of ether oxygens (including phenoxy) is 2. The maximum absolute atomic E-state index is 14.6. The van der Waals surface area contributed by atoms with Crippen molar-refractivity contribution >= 4 is 39.3 Å². The molecule has 0 unspecified atom stereocenters. The quantitative estimate of drug-likeness (QED) is 0.167. The number of piperazine rings is 1. The Kier molecular flexibility index (Phi) is 11.9. The zero-order chi connectivity index (χ0) is 36.9. The Morgan fingerprint density at radius 2 is 1.75 bits per heavy atom. The minimum atomic E-state index is -2.26. The smallest absolute Gasteiger partial charge is 0.335 e. The fourth-order valence-corrected chi connectivity index (χ4v) is 7.27. The van der Waals surface area contributed by atoms with Gasteiger partial charge in [-0.15, -0.1) is 0 Å². The standard InChI is InChI=1S/C39H43BrFN3O8/c1-23-5-2-7-28(19-23)51-18-16-44(27-14-15-27)37(47)33-29(20-26-21-43(22-31(33)42-26)38(48)35(45)36(46)39(49)50)25-12-10-24(11-13-25)6-4-17-52-32-9-3-8-30(41)34(32)40/h2-3,5,7-13,19,26-27,31,35-36,42,45-46H,4,6,14-18,20-22H2,1H3,(H,49,50)/t26-,31-,35+,36-/m1/s1. The third kappa shape index (κ3) is 8.83. The molecule has 2 fully saturated rings. The number of carboxylic acid groups (broad SMARTS) is 1. The van der Waals surface area contributed by atoms with E-state index in [4.69, 9.17) is 9.47 Å². The summed E-state index contributed by atoms with van der Waals surface area (Å²) in [6, 6.07) is 19.6. The number of nitrogens with one attached hydrogen (secondary N) is 1. The number of aliphatic carboxylic acids is 1. The third-order valence-electron chi connectivity index (χ3n) is 9.68. The minimum absolute atomic E-state index is 0.0150. The second kappa shape index (κ2) is 16.6. The molecule has 4 N–H and O–H groups in total. The van der Waals surface area contributed by atoms with Crippen molar-refractivity contribution < 1.29 is 43.6 Å². The molecule has 3 aromatic rings. The monoisotopic (exact) mass is 779 g/mol. The number of aliphatic hydroxyl groups excluding tert-OH is 2. The highest BCUT2D eigenvalue weighted by Crippen LogP contribution is 2.37. The van der Waals surface area contributed by atoms with E-state index in [0.717, 1.165) is 47.3 Å². The van der Waals surface area contributed by atoms with Crippen LogP contribution in [0.15, 0.2) is 76.8 Å². The van der Waals surface area contributed by atoms with E-state index in [0.29, 0.717) is 48.4 Å². The Morgan fingerprint density at radius 1 is 1.00 bits per heavy atom. The Labute approximate surface area is 310 Å². The minimum Gasteiger partial charge on any atom is -0.492 e. The average Bonchev–Trinajstić information content (AvgIpc) is 3.98. The van der Waals surface area contributed by atoms with E-state index in [-0.39, 0.29) is 36.9 Å². The average molecular weight is 781 g/mol. The van der Waals surface area contributed by atoms with Crippen molar-refractivity contribution in [3.05, 3.63) is 99.3 Å². The lowest BCUT2D eigenvalue weighted by Crippen LogP contribution is -2.64. The molecule has 0 aromatic heterocycles. The summed E-state index contributed by atoms with van der Waals surface area (Å²) in [5, 5.41) is 32.9. The third-order valence-corrected chi connectivity index (χ3v) is 10.4. The molecular formula is C39H43BrFN3O8. The molecule has 1 saturated carbocycles. The normalized spacial score (nSPS) is 19.5. The van der Waals surface area contributed by atoms with E-state index in [1.807, 2.05) is 60.4 Å². The topological polar surface area (TPSA) is 149 Å². The molecule has 13 heteroatoms. The molecule has 2 aliphatic heterocycles. The Balaban J connectivity index is 1.22. The second-order valence-corrected chi connectivity index (χ2v) is 14.4. The molecular weight excluding hydrogens is 737 g/mol. The zero-order valence-electron chi connectivity index (χ0n) is 28.8. The van der Waals surface area contributed by atoms with Crippen molar-refractivity contribution in [3.63, 3.8) is 0 Å². The maximum atomic E-state index is 14.6. The summed E-state index contributed by atoms with van der Waals surface area (Å²) >= 11 is 3.22. The molecule has 4 atom stereocenters. The second-order valence-electron chi connectivity index (χ2n) is 13.6. The van der Waals surface area contributed by atoms with E-state index in [2.05, 4.69) is 21.2 Å². The number of fused-ring (bicyclic) bond motifs is 2. The van der Waals surface area contributed by atoms with Crippen LogP contribution in [0.1, 0.15) is 42.4 Å². The van der Waals surface area contributed by atoms with Gasteiger partial charge in [0.2, 0.25) is 0 Å². The van der Waals surface area contributed by atoms with Crippen LogP contribution in [0.5, 0.6) is 11.5 Å². The fraction of sp³-hybridized carbons (Fsp3) is 0.410. The van der Waals surface area contributed by atoms with Gasteiger partial charge in [-0.1, -0.05) is 42.5 Å². The lowest BCUT2D eigenvalue weighted by atomic mass is 9.82. The molecule has 0 spiro atoms. The summed E-state index contributed by atoms with van der Waals surface area (Å²) in [5.74, 6) is -1.96. The van der Waals surface area contributed by atoms with Gasteiger partial charge in [-0.3, -0.25) is 9.59 Å². The first-order valence-corrected chi connectivity index (χ1v) is 18.3. The first kappa shape index (κ1) is 37.5. The predicted octanol–water partition coefficient (Wildman–Crippen LogP) is 4.11. The number of halogens is 2. The van der Waals surface area contributed by atoms with Crippen LogP contribution < -0.4 is 14.8 Å². The van der Waals surface area contributed by atoms with Crippen LogP contribution in [-0.2, 0) is 20.8 Å². The number of hydrogen-bond donors (Lipinski definition) is 4. The van der Waals surface area contributed by atoms with Crippen LogP contribution in [0.25, 0.3) is 5.57 Å². The summed E-state index contributed by atoms with van der Waals surface area (Å²) < 4.78 is 25.9. The molecule has 2 heterocycles. The van der Waals surface area contributed by atoms with Crippen molar-refractivity contribution in [2.45, 2.75) is 69.4 Å². The molecule has 6 rings (SSSR count). The van der Waals surface area contributed by atoms with Crippen LogP contribution >= 0.6 is 15.9 Å². The summed E-state index contributed by atoms with van der Waals surface area (Å²) in [4.78, 5) is 42.3. The van der Waals surface area contributed by atoms with Gasteiger partial charge in [0.05, 0.1) is 23.7 Å². The number of carbonyl (C=O) groups excluding carboxylic acids is 2. The number of aliphatic hydroxyl groups is 2. The van der Waals surface area contributed by atoms with Gasteiger partial charge in [0.25, 0.3) is 11.8 Å². The van der Waals surface area contributed by atoms with Gasteiger partial charge in [-0.25, -0.2) is 9.18 Å². The Hall–Kier alpha value is -4.30. The van der Waals surface area contributed by atoms with Crippen LogP contribution in [0.2, 0.25) is 0 Å². The number of carboxylic acids is 1. The fourth-order valence-electron chi connectivity index (χ4n) is 6.89. The van der Waals surface area contributed by atoms with Gasteiger partial charge >= 0.3 is 5.97 Å². The number of hydrogen-bond acceptors (Lipinski definition) is 8. The van der Waals surface area contributed by atoms with Crippen LogP contribution in [-0.4, -0.2) is 106 Å². The molecule has 3 aliphatic rings. The summed E-state index contributed by atoms with van der Waals surface area (Å²) in [5.41, 5.74) is 4.42. The number of aryl methyl sites for hydroxylation is 2. The molecule has 1 saturated heterocycles. The van der Waals surface area contributed by atoms with Gasteiger partial charge in [-0.2, -0.15) is 0 Å². The summed E-state index contributed by atoms with van der Waals surface area (Å²) in [7, 11) is 0. The molecule has 1 aliphatic carbocycles. The number of benzene rings is 3.